The van der Waals surface area contributed by atoms with Gasteiger partial charge < -0.3 is 19.9 Å². The van der Waals surface area contributed by atoms with Gasteiger partial charge in [0.15, 0.2) is 17.3 Å². The van der Waals surface area contributed by atoms with E-state index in [9.17, 15) is 14.3 Å². The number of methoxy groups -OCH3 is 1. The Bertz CT molecular complexity index is 777. The summed E-state index contributed by atoms with van der Waals surface area (Å²) in [6.45, 7) is 5.98. The molecule has 0 amide bonds. The summed E-state index contributed by atoms with van der Waals surface area (Å²) in [5, 5.41) is 13.6. The van der Waals surface area contributed by atoms with E-state index in [1.54, 1.807) is 30.3 Å². The van der Waals surface area contributed by atoms with Crippen molar-refractivity contribution in [2.45, 2.75) is 32.9 Å². The zero-order valence-corrected chi connectivity index (χ0v) is 16.7. The van der Waals surface area contributed by atoms with Gasteiger partial charge in [0.1, 0.15) is 18.5 Å². The van der Waals surface area contributed by atoms with Crippen LogP contribution in [-0.2, 0) is 0 Å². The summed E-state index contributed by atoms with van der Waals surface area (Å²) in [5.41, 5.74) is 1.50. The summed E-state index contributed by atoms with van der Waals surface area (Å²) < 4.78 is 24.1. The topological polar surface area (TPSA) is 67.8 Å². The highest BCUT2D eigenvalue weighted by Crippen LogP contribution is 2.28. The second-order valence-electron chi connectivity index (χ2n) is 7.07. The number of rotatable bonds is 10. The Hall–Kier alpha value is -2.44. The zero-order chi connectivity index (χ0) is 20.7. The molecule has 0 radical (unpaired) electrons. The molecule has 0 fully saturated rings. The maximum atomic E-state index is 13.2. The second kappa shape index (κ2) is 10.2. The Morgan fingerprint density at radius 1 is 1.14 bits per heavy atom. The molecule has 0 heterocycles. The molecular weight excluding hydrogens is 361 g/mol. The van der Waals surface area contributed by atoms with Crippen molar-refractivity contribution >= 4 is 5.78 Å². The van der Waals surface area contributed by atoms with E-state index < -0.39 is 6.10 Å². The quantitative estimate of drug-likeness (QED) is 0.606. The smallest absolute Gasteiger partial charge is 0.161 e. The fraction of sp³-hybridized carbons (Fsp3) is 0.409. The minimum atomic E-state index is -0.751. The number of aliphatic hydroxyl groups excluding tert-OH is 1. The number of benzene rings is 2. The van der Waals surface area contributed by atoms with Crippen molar-refractivity contribution in [3.8, 4) is 11.5 Å². The first-order chi connectivity index (χ1) is 13.3. The van der Waals surface area contributed by atoms with Gasteiger partial charge in [-0.1, -0.05) is 26.0 Å². The van der Waals surface area contributed by atoms with Crippen LogP contribution in [0.25, 0.3) is 0 Å². The monoisotopic (exact) mass is 389 g/mol. The van der Waals surface area contributed by atoms with Crippen LogP contribution in [-0.4, -0.2) is 37.3 Å². The first-order valence-corrected chi connectivity index (χ1v) is 9.30. The summed E-state index contributed by atoms with van der Waals surface area (Å²) in [4.78, 5) is 11.5. The van der Waals surface area contributed by atoms with E-state index in [1.165, 1.54) is 26.2 Å². The lowest BCUT2D eigenvalue weighted by atomic mass is 9.96. The van der Waals surface area contributed by atoms with Crippen LogP contribution in [0.2, 0.25) is 0 Å². The van der Waals surface area contributed by atoms with E-state index >= 15 is 0 Å². The van der Waals surface area contributed by atoms with Crippen molar-refractivity contribution in [1.29, 1.82) is 0 Å². The van der Waals surface area contributed by atoms with Crippen LogP contribution in [0.15, 0.2) is 42.5 Å². The summed E-state index contributed by atoms with van der Waals surface area (Å²) in [5.74, 6) is 0.835. The fourth-order valence-corrected chi connectivity index (χ4v) is 2.92. The lowest BCUT2D eigenvalue weighted by Crippen LogP contribution is -2.35. The SMILES string of the molecule is COc1cc(C(C)=O)ccc1OC[C@H](O)CN[C@@H](c1ccc(F)cc1)C(C)C. The van der Waals surface area contributed by atoms with Crippen molar-refractivity contribution in [2.24, 2.45) is 5.92 Å². The molecule has 0 bridgehead atoms. The molecule has 2 aromatic rings. The molecule has 2 rings (SSSR count). The summed E-state index contributed by atoms with van der Waals surface area (Å²) in [6.07, 6.45) is -0.751. The number of aliphatic hydroxyl groups is 1. The number of hydrogen-bond acceptors (Lipinski definition) is 5. The average molecular weight is 389 g/mol. The van der Waals surface area contributed by atoms with Gasteiger partial charge >= 0.3 is 0 Å². The summed E-state index contributed by atoms with van der Waals surface area (Å²) in [7, 11) is 1.50. The predicted molar refractivity (Wildman–Crippen MR) is 106 cm³/mol. The molecule has 28 heavy (non-hydrogen) atoms. The third-order valence-electron chi connectivity index (χ3n) is 4.47. The van der Waals surface area contributed by atoms with Crippen molar-refractivity contribution in [3.05, 3.63) is 59.4 Å². The molecule has 0 aromatic heterocycles. The van der Waals surface area contributed by atoms with E-state index in [-0.39, 0.29) is 30.2 Å². The Kier molecular flexibility index (Phi) is 7.96. The number of carbonyl (C=O) groups is 1. The zero-order valence-electron chi connectivity index (χ0n) is 16.7. The third-order valence-corrected chi connectivity index (χ3v) is 4.47. The largest absolute Gasteiger partial charge is 0.493 e. The van der Waals surface area contributed by atoms with Crippen LogP contribution >= 0.6 is 0 Å². The van der Waals surface area contributed by atoms with E-state index in [0.717, 1.165) is 5.56 Å². The first-order valence-electron chi connectivity index (χ1n) is 9.30. The van der Waals surface area contributed by atoms with Gasteiger partial charge in [0.25, 0.3) is 0 Å². The number of carbonyl (C=O) groups excluding carboxylic acids is 1. The summed E-state index contributed by atoms with van der Waals surface area (Å²) in [6, 6.07) is 11.3. The predicted octanol–water partition coefficient (Wildman–Crippen LogP) is 3.76. The maximum Gasteiger partial charge on any atom is 0.161 e. The van der Waals surface area contributed by atoms with Gasteiger partial charge in [0.2, 0.25) is 0 Å². The number of ether oxygens (including phenoxy) is 2. The van der Waals surface area contributed by atoms with Gasteiger partial charge in [-0.2, -0.15) is 0 Å². The molecule has 5 nitrogen and oxygen atoms in total. The molecule has 0 aliphatic heterocycles. The number of Topliss-reactive ketones (excluding diaryl/α,β-unsaturated/α-hetero) is 1. The molecule has 152 valence electrons. The van der Waals surface area contributed by atoms with Crippen molar-refractivity contribution in [1.82, 2.24) is 5.32 Å². The normalized spacial score (nSPS) is 13.2. The van der Waals surface area contributed by atoms with Crippen LogP contribution in [0.3, 0.4) is 0 Å². The number of ketones is 1. The molecular formula is C22H28FNO4. The minimum Gasteiger partial charge on any atom is -0.493 e. The average Bonchev–Trinajstić information content (AvgIpc) is 2.67. The van der Waals surface area contributed by atoms with Gasteiger partial charge in [-0.05, 0) is 48.7 Å². The van der Waals surface area contributed by atoms with Gasteiger partial charge in [0.05, 0.1) is 7.11 Å². The van der Waals surface area contributed by atoms with Crippen molar-refractivity contribution < 1.29 is 23.8 Å². The van der Waals surface area contributed by atoms with E-state index in [1.807, 2.05) is 0 Å². The molecule has 0 saturated heterocycles. The molecule has 0 saturated carbocycles. The molecule has 2 N–H and O–H groups in total. The molecule has 0 aliphatic rings. The Labute approximate surface area is 165 Å². The van der Waals surface area contributed by atoms with Gasteiger partial charge in [-0.15, -0.1) is 0 Å². The van der Waals surface area contributed by atoms with Crippen molar-refractivity contribution in [3.63, 3.8) is 0 Å². The Morgan fingerprint density at radius 3 is 2.39 bits per heavy atom. The number of hydrogen-bond donors (Lipinski definition) is 2. The lowest BCUT2D eigenvalue weighted by Gasteiger charge is -2.25. The third kappa shape index (κ3) is 6.04. The Morgan fingerprint density at radius 2 is 1.82 bits per heavy atom. The molecule has 0 aliphatic carbocycles. The highest BCUT2D eigenvalue weighted by atomic mass is 19.1. The van der Waals surface area contributed by atoms with Crippen LogP contribution < -0.4 is 14.8 Å². The lowest BCUT2D eigenvalue weighted by molar-refractivity contribution is 0.0991. The van der Waals surface area contributed by atoms with Crippen LogP contribution in [0.4, 0.5) is 4.39 Å². The summed E-state index contributed by atoms with van der Waals surface area (Å²) >= 11 is 0. The maximum absolute atomic E-state index is 13.2. The van der Waals surface area contributed by atoms with Crippen LogP contribution in [0, 0.1) is 11.7 Å². The van der Waals surface area contributed by atoms with Crippen LogP contribution in [0.1, 0.15) is 42.7 Å². The highest BCUT2D eigenvalue weighted by molar-refractivity contribution is 5.94. The molecule has 6 heteroatoms. The number of halogens is 1. The number of nitrogens with one attached hydrogen (secondary N) is 1. The van der Waals surface area contributed by atoms with E-state index in [2.05, 4.69) is 19.2 Å². The van der Waals surface area contributed by atoms with E-state index in [4.69, 9.17) is 9.47 Å². The highest BCUT2D eigenvalue weighted by Gasteiger charge is 2.18. The standard InChI is InChI=1S/C22H28FNO4/c1-14(2)22(16-5-8-18(23)9-6-16)24-12-19(26)13-28-20-10-7-17(15(3)25)11-21(20)27-4/h5-11,14,19,22,24,26H,12-13H2,1-4H3/t19-,22-/m1/s1. The fourth-order valence-electron chi connectivity index (χ4n) is 2.92. The van der Waals surface area contributed by atoms with Crippen molar-refractivity contribution in [2.75, 3.05) is 20.3 Å². The van der Waals surface area contributed by atoms with Crippen LogP contribution in [0.5, 0.6) is 11.5 Å². The first kappa shape index (κ1) is 21.9. The van der Waals surface area contributed by atoms with Gasteiger partial charge in [-0.25, -0.2) is 4.39 Å². The molecule has 2 atom stereocenters. The van der Waals surface area contributed by atoms with Gasteiger partial charge in [0, 0.05) is 18.2 Å². The molecule has 0 unspecified atom stereocenters. The Balaban J connectivity index is 1.93. The van der Waals surface area contributed by atoms with E-state index in [0.29, 0.717) is 23.6 Å². The molecule has 0 spiro atoms. The molecule has 2 aromatic carbocycles. The second-order valence-corrected chi connectivity index (χ2v) is 7.07. The van der Waals surface area contributed by atoms with Gasteiger partial charge in [-0.3, -0.25) is 4.79 Å². The minimum absolute atomic E-state index is 0.0142.